The van der Waals surface area contributed by atoms with Crippen LogP contribution in [-0.2, 0) is 4.79 Å². The lowest BCUT2D eigenvalue weighted by Gasteiger charge is -2.28. The normalized spacial score (nSPS) is 28.6. The second-order valence-corrected chi connectivity index (χ2v) is 6.44. The van der Waals surface area contributed by atoms with E-state index in [2.05, 4.69) is 12.2 Å². The third-order valence-corrected chi connectivity index (χ3v) is 4.97. The number of nitrogens with one attached hydrogen (secondary N) is 1. The van der Waals surface area contributed by atoms with Gasteiger partial charge in [-0.15, -0.1) is 0 Å². The van der Waals surface area contributed by atoms with Gasteiger partial charge in [-0.05, 0) is 50.6 Å². The highest BCUT2D eigenvalue weighted by Crippen LogP contribution is 2.28. The van der Waals surface area contributed by atoms with E-state index in [4.69, 9.17) is 0 Å². The fourth-order valence-electron chi connectivity index (χ4n) is 3.62. The molecule has 2 rings (SSSR count). The number of ketones is 1. The summed E-state index contributed by atoms with van der Waals surface area (Å²) in [5.74, 6) is 2.27. The van der Waals surface area contributed by atoms with Gasteiger partial charge in [0.25, 0.3) is 0 Å². The predicted molar refractivity (Wildman–Crippen MR) is 75.6 cm³/mol. The number of piperidine rings is 1. The van der Waals surface area contributed by atoms with Gasteiger partial charge in [0.05, 0.1) is 0 Å². The Bertz CT molecular complexity index is 250. The number of rotatable bonds is 4. The minimum Gasteiger partial charge on any atom is -0.316 e. The first kappa shape index (κ1) is 14.0. The Kier molecular flexibility index (Phi) is 5.68. The van der Waals surface area contributed by atoms with Gasteiger partial charge in [-0.2, -0.15) is 0 Å². The monoisotopic (exact) mass is 251 g/mol. The van der Waals surface area contributed by atoms with Gasteiger partial charge in [-0.1, -0.05) is 32.6 Å². The number of carbonyl (C=O) groups is 1. The van der Waals surface area contributed by atoms with Crippen molar-refractivity contribution in [3.8, 4) is 0 Å². The molecule has 0 radical (unpaired) electrons. The second-order valence-electron chi connectivity index (χ2n) is 6.44. The molecule has 0 aromatic carbocycles. The van der Waals surface area contributed by atoms with E-state index in [0.29, 0.717) is 17.6 Å². The van der Waals surface area contributed by atoms with Crippen LogP contribution in [-0.4, -0.2) is 18.9 Å². The lowest BCUT2D eigenvalue weighted by Crippen LogP contribution is -2.34. The molecule has 2 heteroatoms. The molecule has 104 valence electrons. The van der Waals surface area contributed by atoms with Crippen molar-refractivity contribution >= 4 is 5.78 Å². The molecule has 2 aliphatic rings. The molecule has 1 aliphatic carbocycles. The van der Waals surface area contributed by atoms with Crippen LogP contribution in [0.2, 0.25) is 0 Å². The molecule has 2 atom stereocenters. The van der Waals surface area contributed by atoms with Crippen LogP contribution in [0.4, 0.5) is 0 Å². The van der Waals surface area contributed by atoms with Gasteiger partial charge >= 0.3 is 0 Å². The maximum absolute atomic E-state index is 12.4. The highest BCUT2D eigenvalue weighted by atomic mass is 16.1. The maximum atomic E-state index is 12.4. The molecule has 0 bridgehead atoms. The third kappa shape index (κ3) is 4.08. The van der Waals surface area contributed by atoms with Crippen molar-refractivity contribution < 1.29 is 4.79 Å². The Balaban J connectivity index is 1.77. The van der Waals surface area contributed by atoms with Gasteiger partial charge in [0.2, 0.25) is 0 Å². The van der Waals surface area contributed by atoms with E-state index in [0.717, 1.165) is 31.7 Å². The van der Waals surface area contributed by atoms with E-state index in [-0.39, 0.29) is 0 Å². The molecular weight excluding hydrogens is 222 g/mol. The molecule has 2 nitrogen and oxygen atoms in total. The van der Waals surface area contributed by atoms with Gasteiger partial charge in [0.15, 0.2) is 0 Å². The summed E-state index contributed by atoms with van der Waals surface area (Å²) in [4.78, 5) is 12.4. The molecule has 18 heavy (non-hydrogen) atoms. The average Bonchev–Trinajstić information content (AvgIpc) is 2.68. The molecule has 2 unspecified atom stereocenters. The molecule has 2 fully saturated rings. The first-order valence-corrected chi connectivity index (χ1v) is 8.01. The molecule has 1 heterocycles. The zero-order valence-electron chi connectivity index (χ0n) is 11.9. The highest BCUT2D eigenvalue weighted by Gasteiger charge is 2.26. The van der Waals surface area contributed by atoms with Crippen LogP contribution in [0.3, 0.4) is 0 Å². The molecule has 1 N–H and O–H groups in total. The molecule has 1 aliphatic heterocycles. The van der Waals surface area contributed by atoms with E-state index in [9.17, 15) is 4.79 Å². The molecule has 1 saturated carbocycles. The summed E-state index contributed by atoms with van der Waals surface area (Å²) in [6.45, 7) is 4.57. The highest BCUT2D eigenvalue weighted by molar-refractivity contribution is 5.81. The third-order valence-electron chi connectivity index (χ3n) is 4.97. The Morgan fingerprint density at radius 3 is 2.44 bits per heavy atom. The summed E-state index contributed by atoms with van der Waals surface area (Å²) >= 11 is 0. The Labute approximate surface area is 112 Å². The van der Waals surface area contributed by atoms with Crippen molar-refractivity contribution in [2.75, 3.05) is 13.1 Å². The van der Waals surface area contributed by atoms with Gasteiger partial charge < -0.3 is 5.32 Å². The molecule has 0 aromatic heterocycles. The standard InChI is InChI=1S/C16H29NO/c1-13(15-9-6-10-17-12-15)11-16(18)14-7-4-2-3-5-8-14/h13-15,17H,2-12H2,1H3. The van der Waals surface area contributed by atoms with Crippen molar-refractivity contribution in [3.63, 3.8) is 0 Å². The van der Waals surface area contributed by atoms with Gasteiger partial charge in [-0.3, -0.25) is 4.79 Å². The molecule has 1 saturated heterocycles. The number of hydrogen-bond acceptors (Lipinski definition) is 2. The number of hydrogen-bond donors (Lipinski definition) is 1. The number of Topliss-reactive ketones (excluding diaryl/α,β-unsaturated/α-hetero) is 1. The van der Waals surface area contributed by atoms with Crippen molar-refractivity contribution in [2.24, 2.45) is 17.8 Å². The lowest BCUT2D eigenvalue weighted by atomic mass is 9.81. The predicted octanol–water partition coefficient (Wildman–Crippen LogP) is 3.55. The fourth-order valence-corrected chi connectivity index (χ4v) is 3.62. The smallest absolute Gasteiger partial charge is 0.136 e. The van der Waals surface area contributed by atoms with Crippen molar-refractivity contribution in [1.82, 2.24) is 5.32 Å². The van der Waals surface area contributed by atoms with Crippen LogP contribution >= 0.6 is 0 Å². The summed E-state index contributed by atoms with van der Waals surface area (Å²) in [7, 11) is 0. The SMILES string of the molecule is CC(CC(=O)C1CCCCCC1)C1CCCNC1. The lowest BCUT2D eigenvalue weighted by molar-refractivity contribution is -0.124. The number of carbonyl (C=O) groups excluding carboxylic acids is 1. The summed E-state index contributed by atoms with van der Waals surface area (Å²) in [6.07, 6.45) is 11.0. The minimum atomic E-state index is 0.395. The molecule has 0 amide bonds. The molecule has 0 aromatic rings. The molecule has 0 spiro atoms. The van der Waals surface area contributed by atoms with Gasteiger partial charge in [0, 0.05) is 12.3 Å². The molecular formula is C16H29NO. The van der Waals surface area contributed by atoms with Crippen molar-refractivity contribution in [3.05, 3.63) is 0 Å². The van der Waals surface area contributed by atoms with Crippen molar-refractivity contribution in [1.29, 1.82) is 0 Å². The Morgan fingerprint density at radius 1 is 1.11 bits per heavy atom. The van der Waals surface area contributed by atoms with E-state index in [1.165, 1.54) is 45.1 Å². The largest absolute Gasteiger partial charge is 0.316 e. The summed E-state index contributed by atoms with van der Waals surface area (Å²) in [5, 5.41) is 3.47. The van der Waals surface area contributed by atoms with Crippen LogP contribution in [0.5, 0.6) is 0 Å². The fraction of sp³-hybridized carbons (Fsp3) is 0.938. The van der Waals surface area contributed by atoms with Crippen molar-refractivity contribution in [2.45, 2.75) is 64.7 Å². The van der Waals surface area contributed by atoms with E-state index >= 15 is 0 Å². The first-order valence-electron chi connectivity index (χ1n) is 8.01. The Hall–Kier alpha value is -0.370. The second kappa shape index (κ2) is 7.28. The Morgan fingerprint density at radius 2 is 1.83 bits per heavy atom. The zero-order chi connectivity index (χ0) is 12.8. The van der Waals surface area contributed by atoms with Crippen LogP contribution in [0.1, 0.15) is 64.7 Å². The summed E-state index contributed by atoms with van der Waals surface area (Å²) < 4.78 is 0. The van der Waals surface area contributed by atoms with Crippen LogP contribution in [0, 0.1) is 17.8 Å². The minimum absolute atomic E-state index is 0.395. The van der Waals surface area contributed by atoms with Crippen LogP contribution in [0.25, 0.3) is 0 Å². The van der Waals surface area contributed by atoms with Crippen LogP contribution in [0.15, 0.2) is 0 Å². The zero-order valence-corrected chi connectivity index (χ0v) is 11.9. The van der Waals surface area contributed by atoms with E-state index < -0.39 is 0 Å². The quantitative estimate of drug-likeness (QED) is 0.774. The topological polar surface area (TPSA) is 29.1 Å². The summed E-state index contributed by atoms with van der Waals surface area (Å²) in [5.41, 5.74) is 0. The maximum Gasteiger partial charge on any atom is 0.136 e. The average molecular weight is 251 g/mol. The van der Waals surface area contributed by atoms with Gasteiger partial charge in [-0.25, -0.2) is 0 Å². The van der Waals surface area contributed by atoms with E-state index in [1.54, 1.807) is 0 Å². The van der Waals surface area contributed by atoms with Gasteiger partial charge in [0.1, 0.15) is 5.78 Å². The first-order chi connectivity index (χ1) is 8.77. The summed E-state index contributed by atoms with van der Waals surface area (Å²) in [6, 6.07) is 0. The van der Waals surface area contributed by atoms with Crippen LogP contribution < -0.4 is 5.32 Å². The van der Waals surface area contributed by atoms with E-state index in [1.807, 2.05) is 0 Å².